The largest absolute Gasteiger partial charge is 0.316 e. The molecule has 96 valence electrons. The predicted molar refractivity (Wildman–Crippen MR) is 81.7 cm³/mol. The van der Waals surface area contributed by atoms with Gasteiger partial charge in [0.25, 0.3) is 0 Å². The second-order valence-corrected chi connectivity index (χ2v) is 7.81. The Morgan fingerprint density at radius 2 is 2.24 bits per heavy atom. The molecule has 0 fully saturated rings. The summed E-state index contributed by atoms with van der Waals surface area (Å²) >= 11 is 5.32. The highest BCUT2D eigenvalue weighted by Gasteiger charge is 2.21. The highest BCUT2D eigenvalue weighted by atomic mass is 79.9. The van der Waals surface area contributed by atoms with Gasteiger partial charge in [-0.25, -0.2) is 0 Å². The van der Waals surface area contributed by atoms with E-state index in [9.17, 15) is 0 Å². The van der Waals surface area contributed by atoms with Crippen molar-refractivity contribution in [3.05, 3.63) is 33.5 Å². The number of hydrogen-bond donors (Lipinski definition) is 1. The Morgan fingerprint density at radius 1 is 1.53 bits per heavy atom. The molecule has 0 aromatic carbocycles. The van der Waals surface area contributed by atoms with Gasteiger partial charge in [-0.2, -0.15) is 0 Å². The minimum atomic E-state index is 0.138. The van der Waals surface area contributed by atoms with E-state index in [1.165, 1.54) is 8.66 Å². The Morgan fingerprint density at radius 3 is 2.71 bits per heavy atom. The molecule has 1 nitrogen and oxygen atoms in total. The van der Waals surface area contributed by atoms with Crippen LogP contribution in [0.2, 0.25) is 0 Å². The molecule has 1 unspecified atom stereocenters. The van der Waals surface area contributed by atoms with Crippen molar-refractivity contribution in [3.8, 4) is 0 Å². The molecule has 0 aliphatic heterocycles. The van der Waals surface area contributed by atoms with Gasteiger partial charge < -0.3 is 5.32 Å². The Balaban J connectivity index is 2.53. The molecule has 0 aliphatic carbocycles. The molecule has 0 amide bonds. The molecular weight excluding hydrogens is 294 g/mol. The van der Waals surface area contributed by atoms with Gasteiger partial charge >= 0.3 is 0 Å². The van der Waals surface area contributed by atoms with Gasteiger partial charge in [0, 0.05) is 16.8 Å². The minimum absolute atomic E-state index is 0.138. The molecule has 1 atom stereocenters. The van der Waals surface area contributed by atoms with Crippen LogP contribution in [0.15, 0.2) is 28.6 Å². The molecule has 1 aromatic heterocycles. The molecule has 1 aromatic rings. The van der Waals surface area contributed by atoms with Crippen molar-refractivity contribution in [2.45, 2.75) is 27.2 Å². The van der Waals surface area contributed by atoms with Crippen LogP contribution in [0.3, 0.4) is 0 Å². The second-order valence-electron chi connectivity index (χ2n) is 5.27. The van der Waals surface area contributed by atoms with E-state index < -0.39 is 0 Å². The molecule has 0 saturated carbocycles. The van der Waals surface area contributed by atoms with Crippen LogP contribution in [0, 0.1) is 11.3 Å². The maximum absolute atomic E-state index is 3.99. The SMILES string of the molecule is C=CC(C)(CNCC(C)C)Cc1ccc(Br)s1. The maximum Gasteiger partial charge on any atom is 0.0701 e. The van der Waals surface area contributed by atoms with Gasteiger partial charge in [0.2, 0.25) is 0 Å². The van der Waals surface area contributed by atoms with E-state index in [0.717, 1.165) is 19.5 Å². The molecule has 3 heteroatoms. The van der Waals surface area contributed by atoms with Gasteiger partial charge in [0.05, 0.1) is 3.79 Å². The lowest BCUT2D eigenvalue weighted by Crippen LogP contribution is -2.33. The lowest BCUT2D eigenvalue weighted by molar-refractivity contribution is 0.380. The van der Waals surface area contributed by atoms with E-state index in [0.29, 0.717) is 5.92 Å². The molecule has 0 bridgehead atoms. The van der Waals surface area contributed by atoms with Gasteiger partial charge in [-0.3, -0.25) is 0 Å². The third-order valence-electron chi connectivity index (χ3n) is 2.78. The number of hydrogen-bond acceptors (Lipinski definition) is 2. The molecule has 1 N–H and O–H groups in total. The summed E-state index contributed by atoms with van der Waals surface area (Å²) in [5, 5.41) is 3.53. The zero-order valence-electron chi connectivity index (χ0n) is 10.9. The average Bonchev–Trinajstić information content (AvgIpc) is 2.63. The zero-order valence-corrected chi connectivity index (χ0v) is 13.3. The Labute approximate surface area is 117 Å². The molecule has 0 spiro atoms. The third-order valence-corrected chi connectivity index (χ3v) is 4.40. The summed E-state index contributed by atoms with van der Waals surface area (Å²) in [5.41, 5.74) is 0.138. The first-order chi connectivity index (χ1) is 7.95. The van der Waals surface area contributed by atoms with E-state index in [1.807, 2.05) is 11.3 Å². The smallest absolute Gasteiger partial charge is 0.0701 e. The van der Waals surface area contributed by atoms with Crippen LogP contribution in [0.4, 0.5) is 0 Å². The highest BCUT2D eigenvalue weighted by molar-refractivity contribution is 9.11. The summed E-state index contributed by atoms with van der Waals surface area (Å²) in [7, 11) is 0. The first-order valence-electron chi connectivity index (χ1n) is 6.04. The normalized spacial score (nSPS) is 14.9. The molecule has 17 heavy (non-hydrogen) atoms. The quantitative estimate of drug-likeness (QED) is 0.731. The highest BCUT2D eigenvalue weighted by Crippen LogP contribution is 2.29. The van der Waals surface area contributed by atoms with Crippen LogP contribution in [-0.4, -0.2) is 13.1 Å². The van der Waals surface area contributed by atoms with Crippen molar-refractivity contribution < 1.29 is 0 Å². The molecule has 1 heterocycles. The molecule has 0 saturated heterocycles. The second kappa shape index (κ2) is 6.72. The minimum Gasteiger partial charge on any atom is -0.316 e. The number of nitrogens with one attached hydrogen (secondary N) is 1. The predicted octanol–water partition coefficient (Wildman–Crippen LogP) is 4.49. The Bertz CT molecular complexity index is 359. The van der Waals surface area contributed by atoms with Gasteiger partial charge in [0.15, 0.2) is 0 Å². The van der Waals surface area contributed by atoms with Crippen LogP contribution in [0.5, 0.6) is 0 Å². The van der Waals surface area contributed by atoms with Crippen LogP contribution >= 0.6 is 27.3 Å². The third kappa shape index (κ3) is 5.36. The van der Waals surface area contributed by atoms with Crippen molar-refractivity contribution >= 4 is 27.3 Å². The summed E-state index contributed by atoms with van der Waals surface area (Å²) in [6, 6.07) is 4.31. The van der Waals surface area contributed by atoms with E-state index in [2.05, 4.69) is 66.8 Å². The van der Waals surface area contributed by atoms with Gasteiger partial charge in [0.1, 0.15) is 0 Å². The summed E-state index contributed by atoms with van der Waals surface area (Å²) in [6.45, 7) is 12.8. The van der Waals surface area contributed by atoms with Crippen molar-refractivity contribution in [2.75, 3.05) is 13.1 Å². The molecule has 0 aliphatic rings. The van der Waals surface area contributed by atoms with Crippen molar-refractivity contribution in [1.82, 2.24) is 5.32 Å². The van der Waals surface area contributed by atoms with Crippen molar-refractivity contribution in [2.24, 2.45) is 11.3 Å². The lowest BCUT2D eigenvalue weighted by Gasteiger charge is -2.26. The topological polar surface area (TPSA) is 12.0 Å². The van der Waals surface area contributed by atoms with Crippen molar-refractivity contribution in [3.63, 3.8) is 0 Å². The fourth-order valence-corrected chi connectivity index (χ4v) is 3.38. The van der Waals surface area contributed by atoms with E-state index in [-0.39, 0.29) is 5.41 Å². The monoisotopic (exact) mass is 315 g/mol. The fourth-order valence-electron chi connectivity index (χ4n) is 1.70. The summed E-state index contributed by atoms with van der Waals surface area (Å²) in [5.74, 6) is 0.694. The van der Waals surface area contributed by atoms with Gasteiger partial charge in [-0.05, 0) is 46.9 Å². The first kappa shape index (κ1) is 14.9. The maximum atomic E-state index is 3.99. The number of halogens is 1. The number of rotatable bonds is 7. The van der Waals surface area contributed by atoms with Crippen LogP contribution in [0.1, 0.15) is 25.6 Å². The Kier molecular flexibility index (Phi) is 5.90. The Hall–Kier alpha value is -0.120. The molecule has 1 rings (SSSR count). The summed E-state index contributed by atoms with van der Waals surface area (Å²) in [4.78, 5) is 1.41. The lowest BCUT2D eigenvalue weighted by atomic mass is 9.86. The standard InChI is InChI=1S/C14H22BrNS/c1-5-14(4,10-16-9-11(2)3)8-12-6-7-13(15)17-12/h5-7,11,16H,1,8-10H2,2-4H3. The average molecular weight is 316 g/mol. The molecule has 0 radical (unpaired) electrons. The van der Waals surface area contributed by atoms with Gasteiger partial charge in [-0.15, -0.1) is 17.9 Å². The zero-order chi connectivity index (χ0) is 12.9. The molecular formula is C14H22BrNS. The fraction of sp³-hybridized carbons (Fsp3) is 0.571. The van der Waals surface area contributed by atoms with E-state index >= 15 is 0 Å². The number of thiophene rings is 1. The summed E-state index contributed by atoms with van der Waals surface area (Å²) < 4.78 is 1.20. The first-order valence-corrected chi connectivity index (χ1v) is 7.65. The van der Waals surface area contributed by atoms with Crippen LogP contribution < -0.4 is 5.32 Å². The summed E-state index contributed by atoms with van der Waals surface area (Å²) in [6.07, 6.45) is 3.13. The van der Waals surface area contributed by atoms with E-state index in [4.69, 9.17) is 0 Å². The van der Waals surface area contributed by atoms with Crippen LogP contribution in [0.25, 0.3) is 0 Å². The van der Waals surface area contributed by atoms with Gasteiger partial charge in [-0.1, -0.05) is 26.8 Å². The van der Waals surface area contributed by atoms with E-state index in [1.54, 1.807) is 0 Å². The van der Waals surface area contributed by atoms with Crippen LogP contribution in [-0.2, 0) is 6.42 Å². The van der Waals surface area contributed by atoms with Crippen molar-refractivity contribution in [1.29, 1.82) is 0 Å².